The normalized spacial score (nSPS) is 29.0. The Kier molecular flexibility index (Phi) is 6.96. The molecule has 0 aromatic carbocycles. The third kappa shape index (κ3) is 4.42. The third-order valence-corrected chi connectivity index (χ3v) is 4.88. The first-order chi connectivity index (χ1) is 10.7. The van der Waals surface area contributed by atoms with Crippen molar-refractivity contribution in [2.24, 2.45) is 17.8 Å². The Bertz CT molecular complexity index is 452. The summed E-state index contributed by atoms with van der Waals surface area (Å²) in [5.41, 5.74) is -0.992. The number of nitrogens with zero attached hydrogens (tertiary/aromatic N) is 1. The average Bonchev–Trinajstić information content (AvgIpc) is 3.05. The van der Waals surface area contributed by atoms with Crippen LogP contribution in [-0.2, 0) is 9.53 Å². The number of alkyl halides is 1. The number of nitrogens with one attached hydrogen (secondary N) is 1. The molecule has 1 aliphatic rings. The molecule has 1 fully saturated rings. The lowest BCUT2D eigenvalue weighted by Crippen LogP contribution is -2.38. The summed E-state index contributed by atoms with van der Waals surface area (Å²) in [6.07, 6.45) is 3.44. The second kappa shape index (κ2) is 8.06. The van der Waals surface area contributed by atoms with Gasteiger partial charge in [0.1, 0.15) is 11.9 Å². The maximum absolute atomic E-state index is 14.4. The van der Waals surface area contributed by atoms with Crippen LogP contribution in [-0.4, -0.2) is 43.9 Å². The number of ether oxygens (including phenoxy) is 1. The number of carbonyl (C=O) groups excluding carboxylic acids is 1. The van der Waals surface area contributed by atoms with E-state index < -0.39 is 5.67 Å². The third-order valence-electron chi connectivity index (χ3n) is 4.88. The minimum Gasteiger partial charge on any atom is -0.366 e. The molecule has 0 aromatic rings. The zero-order chi connectivity index (χ0) is 17.8. The molecular weight excluding hydrogens is 295 g/mol. The summed E-state index contributed by atoms with van der Waals surface area (Å²) < 4.78 is 19.8. The van der Waals surface area contributed by atoms with Gasteiger partial charge in [0.05, 0.1) is 0 Å². The van der Waals surface area contributed by atoms with Crippen LogP contribution in [0.1, 0.15) is 33.1 Å². The maximum Gasteiger partial charge on any atom is 0.227 e. The Labute approximate surface area is 139 Å². The van der Waals surface area contributed by atoms with E-state index in [2.05, 4.69) is 18.5 Å². The van der Waals surface area contributed by atoms with E-state index in [1.54, 1.807) is 14.0 Å². The lowest BCUT2D eigenvalue weighted by atomic mass is 9.97. The SMILES string of the molecule is C=CC1(F)[C@H](C(=C)NC(=O)C(CCC)C[C@H](OC)N(C)C)[C@@H]1C. The van der Waals surface area contributed by atoms with E-state index >= 15 is 0 Å². The van der Waals surface area contributed by atoms with E-state index in [1.807, 2.05) is 25.9 Å². The van der Waals surface area contributed by atoms with Crippen molar-refractivity contribution >= 4 is 5.91 Å². The predicted molar refractivity (Wildman–Crippen MR) is 91.5 cm³/mol. The Hall–Kier alpha value is -1.20. The lowest BCUT2D eigenvalue weighted by Gasteiger charge is -2.27. The van der Waals surface area contributed by atoms with E-state index in [1.165, 1.54) is 6.08 Å². The van der Waals surface area contributed by atoms with Gasteiger partial charge < -0.3 is 10.1 Å². The van der Waals surface area contributed by atoms with Gasteiger partial charge in [0.2, 0.25) is 5.91 Å². The molecule has 1 rings (SSSR count). The Balaban J connectivity index is 2.68. The number of allylic oxidation sites excluding steroid dienone is 2. The van der Waals surface area contributed by atoms with Crippen molar-refractivity contribution < 1.29 is 13.9 Å². The molecule has 0 radical (unpaired) electrons. The second-order valence-electron chi connectivity index (χ2n) is 6.69. The number of methoxy groups -OCH3 is 1. The highest BCUT2D eigenvalue weighted by Gasteiger charge is 2.63. The van der Waals surface area contributed by atoms with Crippen LogP contribution in [0.4, 0.5) is 4.39 Å². The number of hydrogen-bond acceptors (Lipinski definition) is 3. The smallest absolute Gasteiger partial charge is 0.227 e. The Morgan fingerprint density at radius 3 is 2.52 bits per heavy atom. The van der Waals surface area contributed by atoms with Gasteiger partial charge in [-0.2, -0.15) is 0 Å². The molecule has 132 valence electrons. The highest BCUT2D eigenvalue weighted by molar-refractivity contribution is 5.80. The van der Waals surface area contributed by atoms with Crippen molar-refractivity contribution in [3.63, 3.8) is 0 Å². The number of rotatable bonds is 10. The Morgan fingerprint density at radius 1 is 1.52 bits per heavy atom. The predicted octanol–water partition coefficient (Wildman–Crippen LogP) is 3.12. The molecule has 0 aromatic heterocycles. The van der Waals surface area contributed by atoms with Gasteiger partial charge in [-0.05, 0) is 26.9 Å². The zero-order valence-corrected chi connectivity index (χ0v) is 15.1. The van der Waals surface area contributed by atoms with E-state index in [9.17, 15) is 9.18 Å². The van der Waals surface area contributed by atoms with Crippen LogP contribution < -0.4 is 5.32 Å². The van der Waals surface area contributed by atoms with Gasteiger partial charge in [0.15, 0.2) is 0 Å². The van der Waals surface area contributed by atoms with Crippen LogP contribution in [0, 0.1) is 17.8 Å². The largest absolute Gasteiger partial charge is 0.366 e. The van der Waals surface area contributed by atoms with Crippen molar-refractivity contribution in [3.8, 4) is 0 Å². The van der Waals surface area contributed by atoms with Gasteiger partial charge in [-0.3, -0.25) is 9.69 Å². The molecule has 0 bridgehead atoms. The van der Waals surface area contributed by atoms with E-state index in [-0.39, 0.29) is 29.9 Å². The van der Waals surface area contributed by atoms with Crippen LogP contribution >= 0.6 is 0 Å². The Morgan fingerprint density at radius 2 is 2.13 bits per heavy atom. The molecule has 5 heteroatoms. The molecule has 1 N–H and O–H groups in total. The van der Waals surface area contributed by atoms with Crippen molar-refractivity contribution in [1.29, 1.82) is 0 Å². The zero-order valence-electron chi connectivity index (χ0n) is 15.1. The van der Waals surface area contributed by atoms with Crippen LogP contribution in [0.3, 0.4) is 0 Å². The molecule has 23 heavy (non-hydrogen) atoms. The molecule has 5 atom stereocenters. The van der Waals surface area contributed by atoms with Crippen LogP contribution in [0.25, 0.3) is 0 Å². The monoisotopic (exact) mass is 326 g/mol. The topological polar surface area (TPSA) is 41.6 Å². The van der Waals surface area contributed by atoms with Crippen LogP contribution in [0.2, 0.25) is 0 Å². The second-order valence-corrected chi connectivity index (χ2v) is 6.69. The molecule has 0 heterocycles. The molecule has 0 saturated heterocycles. The number of amides is 1. The summed E-state index contributed by atoms with van der Waals surface area (Å²) in [6.45, 7) is 11.3. The van der Waals surface area contributed by atoms with Crippen molar-refractivity contribution in [2.75, 3.05) is 21.2 Å². The van der Waals surface area contributed by atoms with Crippen LogP contribution in [0.5, 0.6) is 0 Å². The van der Waals surface area contributed by atoms with Gasteiger partial charge in [0.25, 0.3) is 0 Å². The summed E-state index contributed by atoms with van der Waals surface area (Å²) in [6, 6.07) is 0. The van der Waals surface area contributed by atoms with E-state index in [4.69, 9.17) is 4.74 Å². The van der Waals surface area contributed by atoms with E-state index in [0.717, 1.165) is 12.8 Å². The highest BCUT2D eigenvalue weighted by Crippen LogP contribution is 2.57. The molecule has 0 aliphatic heterocycles. The standard InChI is InChI=1S/C18H31FN2O2/c1-8-10-14(11-15(23-7)21(5)6)17(22)20-13(4)16-12(3)18(16,19)9-2/h9,12,14-16H,2,4,8,10-11H2,1,3,5-7H3,(H,20,22)/t12-,14?,15-,16-,18?/m0/s1. The summed E-state index contributed by atoms with van der Waals surface area (Å²) in [4.78, 5) is 14.5. The van der Waals surface area contributed by atoms with Gasteiger partial charge in [-0.15, -0.1) is 0 Å². The summed E-state index contributed by atoms with van der Waals surface area (Å²) >= 11 is 0. The fourth-order valence-corrected chi connectivity index (χ4v) is 3.23. The molecule has 1 aliphatic carbocycles. The highest BCUT2D eigenvalue weighted by atomic mass is 19.1. The molecule has 2 unspecified atom stereocenters. The first kappa shape index (κ1) is 19.8. The average molecular weight is 326 g/mol. The number of carbonyl (C=O) groups is 1. The van der Waals surface area contributed by atoms with Gasteiger partial charge in [-0.25, -0.2) is 4.39 Å². The molecule has 1 saturated carbocycles. The summed E-state index contributed by atoms with van der Waals surface area (Å²) in [5.74, 6) is -0.855. The molecular formula is C18H31FN2O2. The first-order valence-corrected chi connectivity index (χ1v) is 8.24. The molecule has 0 spiro atoms. The lowest BCUT2D eigenvalue weighted by molar-refractivity contribution is -0.127. The molecule has 4 nitrogen and oxygen atoms in total. The quantitative estimate of drug-likeness (QED) is 0.495. The van der Waals surface area contributed by atoms with Crippen molar-refractivity contribution in [2.45, 2.75) is 45.0 Å². The van der Waals surface area contributed by atoms with Gasteiger partial charge in [0, 0.05) is 30.6 Å². The minimum absolute atomic E-state index is 0.105. The van der Waals surface area contributed by atoms with Gasteiger partial charge >= 0.3 is 0 Å². The maximum atomic E-state index is 14.4. The fourth-order valence-electron chi connectivity index (χ4n) is 3.23. The van der Waals surface area contributed by atoms with Gasteiger partial charge in [-0.1, -0.05) is 39.5 Å². The minimum atomic E-state index is -1.44. The van der Waals surface area contributed by atoms with Crippen molar-refractivity contribution in [3.05, 3.63) is 24.9 Å². The molecule has 1 amide bonds. The summed E-state index contributed by atoms with van der Waals surface area (Å²) in [7, 11) is 5.47. The number of hydrogen-bond donors (Lipinski definition) is 1. The van der Waals surface area contributed by atoms with Crippen LogP contribution in [0.15, 0.2) is 24.9 Å². The first-order valence-electron chi connectivity index (χ1n) is 8.24. The fraction of sp³-hybridized carbons (Fsp3) is 0.722. The van der Waals surface area contributed by atoms with E-state index in [0.29, 0.717) is 12.1 Å². The van der Waals surface area contributed by atoms with Crippen molar-refractivity contribution in [1.82, 2.24) is 10.2 Å². The number of halogens is 1. The summed E-state index contributed by atoms with van der Waals surface area (Å²) in [5, 5.41) is 2.82.